The molecule has 0 fully saturated rings. The third-order valence-corrected chi connectivity index (χ3v) is 3.96. The van der Waals surface area contributed by atoms with Gasteiger partial charge in [-0.2, -0.15) is 5.10 Å². The maximum atomic E-state index is 6.17. The minimum Gasteiger partial charge on any atom is -0.394 e. The fourth-order valence-corrected chi connectivity index (χ4v) is 2.67. The van der Waals surface area contributed by atoms with Crippen LogP contribution in [0, 0.1) is 0 Å². The van der Waals surface area contributed by atoms with Gasteiger partial charge in [-0.3, -0.25) is 4.68 Å². The lowest BCUT2D eigenvalue weighted by molar-refractivity contribution is 0.720. The Morgan fingerprint density at radius 2 is 2.05 bits per heavy atom. The highest BCUT2D eigenvalue weighted by atomic mass is 79.9. The van der Waals surface area contributed by atoms with Crippen LogP contribution >= 0.6 is 15.9 Å². The number of benzene rings is 1. The molecule has 19 heavy (non-hydrogen) atoms. The Morgan fingerprint density at radius 3 is 2.63 bits per heavy atom. The molecule has 1 heterocycles. The Kier molecular flexibility index (Phi) is 4.14. The lowest BCUT2D eigenvalue weighted by Gasteiger charge is -2.20. The summed E-state index contributed by atoms with van der Waals surface area (Å²) in [5.74, 6) is 0.965. The van der Waals surface area contributed by atoms with E-state index in [0.29, 0.717) is 0 Å². The van der Waals surface area contributed by atoms with Crippen molar-refractivity contribution in [2.45, 2.75) is 19.9 Å². The summed E-state index contributed by atoms with van der Waals surface area (Å²) in [6, 6.07) is 8.21. The molecule has 0 bridgehead atoms. The molecule has 0 saturated carbocycles. The molecule has 5 heteroatoms. The van der Waals surface area contributed by atoms with Crippen molar-refractivity contribution in [1.29, 1.82) is 0 Å². The minimum atomic E-state index is 0.777. The van der Waals surface area contributed by atoms with Crippen LogP contribution in [-0.2, 0) is 20.0 Å². The maximum Gasteiger partial charge on any atom is 0.150 e. The molecule has 1 aromatic heterocycles. The molecule has 0 unspecified atom stereocenters. The molecule has 0 radical (unpaired) electrons. The van der Waals surface area contributed by atoms with Crippen molar-refractivity contribution in [3.05, 3.63) is 40.0 Å². The Balaban J connectivity index is 2.28. The average molecular weight is 323 g/mol. The summed E-state index contributed by atoms with van der Waals surface area (Å²) in [7, 11) is 3.97. The van der Waals surface area contributed by atoms with Gasteiger partial charge >= 0.3 is 0 Å². The summed E-state index contributed by atoms with van der Waals surface area (Å²) in [6.07, 6.45) is 0.850. The number of nitrogens with zero attached hydrogens (tertiary/aromatic N) is 3. The van der Waals surface area contributed by atoms with Crippen LogP contribution in [0.25, 0.3) is 0 Å². The maximum absolute atomic E-state index is 6.17. The molecule has 1 aromatic carbocycles. The van der Waals surface area contributed by atoms with Gasteiger partial charge in [-0.15, -0.1) is 0 Å². The highest BCUT2D eigenvalue weighted by Gasteiger charge is 2.16. The topological polar surface area (TPSA) is 47.1 Å². The van der Waals surface area contributed by atoms with E-state index in [1.807, 2.05) is 37.0 Å². The van der Waals surface area contributed by atoms with Crippen LogP contribution in [0.5, 0.6) is 0 Å². The van der Waals surface area contributed by atoms with Gasteiger partial charge < -0.3 is 10.6 Å². The predicted molar refractivity (Wildman–Crippen MR) is 83.2 cm³/mol. The number of halogens is 1. The zero-order valence-corrected chi connectivity index (χ0v) is 13.1. The van der Waals surface area contributed by atoms with Crippen LogP contribution in [0.15, 0.2) is 28.7 Å². The Bertz CT molecular complexity index is 577. The summed E-state index contributed by atoms with van der Waals surface area (Å²) in [6.45, 7) is 2.85. The van der Waals surface area contributed by atoms with Crippen molar-refractivity contribution in [2.24, 2.45) is 7.05 Å². The molecule has 0 saturated heterocycles. The van der Waals surface area contributed by atoms with E-state index < -0.39 is 0 Å². The van der Waals surface area contributed by atoms with Crippen LogP contribution in [-0.4, -0.2) is 16.8 Å². The van der Waals surface area contributed by atoms with E-state index in [2.05, 4.69) is 38.9 Å². The highest BCUT2D eigenvalue weighted by Crippen LogP contribution is 2.28. The van der Waals surface area contributed by atoms with E-state index >= 15 is 0 Å². The first kappa shape index (κ1) is 13.9. The average Bonchev–Trinajstić information content (AvgIpc) is 2.67. The number of anilines is 2. The van der Waals surface area contributed by atoms with Gasteiger partial charge in [-0.25, -0.2) is 0 Å². The lowest BCUT2D eigenvalue weighted by atomic mass is 10.2. The van der Waals surface area contributed by atoms with E-state index in [1.165, 1.54) is 5.56 Å². The predicted octanol–water partition coefficient (Wildman–Crippen LogP) is 2.96. The molecule has 2 aromatic rings. The molecule has 0 atom stereocenters. The van der Waals surface area contributed by atoms with Crippen molar-refractivity contribution in [3.63, 3.8) is 0 Å². The summed E-state index contributed by atoms with van der Waals surface area (Å²) in [5, 5.41) is 4.45. The van der Waals surface area contributed by atoms with Crippen molar-refractivity contribution in [3.8, 4) is 0 Å². The van der Waals surface area contributed by atoms with Gasteiger partial charge in [-0.05, 0) is 18.1 Å². The van der Waals surface area contributed by atoms with E-state index in [4.69, 9.17) is 5.73 Å². The summed E-state index contributed by atoms with van der Waals surface area (Å²) < 4.78 is 2.96. The molecular formula is C14H19BrN4. The second-order valence-corrected chi connectivity index (χ2v) is 5.46. The Morgan fingerprint density at radius 1 is 1.37 bits per heavy atom. The van der Waals surface area contributed by atoms with Crippen LogP contribution in [0.2, 0.25) is 0 Å². The molecule has 2 rings (SSSR count). The van der Waals surface area contributed by atoms with E-state index in [-0.39, 0.29) is 0 Å². The molecule has 0 aliphatic rings. The van der Waals surface area contributed by atoms with Crippen LogP contribution < -0.4 is 10.6 Å². The SMILES string of the molecule is CCc1nn(C)c(N(C)Cc2ccccc2Br)c1N. The van der Waals surface area contributed by atoms with Crippen molar-refractivity contribution >= 4 is 27.4 Å². The first-order chi connectivity index (χ1) is 9.04. The van der Waals surface area contributed by atoms with Gasteiger partial charge in [0.2, 0.25) is 0 Å². The van der Waals surface area contributed by atoms with Gasteiger partial charge in [0, 0.05) is 25.1 Å². The first-order valence-electron chi connectivity index (χ1n) is 6.30. The summed E-state index contributed by atoms with van der Waals surface area (Å²) in [5.41, 5.74) is 9.13. The highest BCUT2D eigenvalue weighted by molar-refractivity contribution is 9.10. The van der Waals surface area contributed by atoms with Crippen molar-refractivity contribution < 1.29 is 0 Å². The molecule has 102 valence electrons. The van der Waals surface area contributed by atoms with Crippen molar-refractivity contribution in [1.82, 2.24) is 9.78 Å². The quantitative estimate of drug-likeness (QED) is 0.941. The molecule has 0 amide bonds. The van der Waals surface area contributed by atoms with Gasteiger partial charge in [0.05, 0.1) is 11.4 Å². The smallest absolute Gasteiger partial charge is 0.150 e. The second kappa shape index (κ2) is 5.65. The van der Waals surface area contributed by atoms with E-state index in [9.17, 15) is 0 Å². The molecule has 2 N–H and O–H groups in total. The largest absolute Gasteiger partial charge is 0.394 e. The minimum absolute atomic E-state index is 0.777. The zero-order valence-electron chi connectivity index (χ0n) is 11.5. The molecule has 0 spiro atoms. The van der Waals surface area contributed by atoms with Crippen LogP contribution in [0.1, 0.15) is 18.2 Å². The van der Waals surface area contributed by atoms with Crippen LogP contribution in [0.4, 0.5) is 11.5 Å². The van der Waals surface area contributed by atoms with E-state index in [1.54, 1.807) is 0 Å². The van der Waals surface area contributed by atoms with Gasteiger partial charge in [0.25, 0.3) is 0 Å². The van der Waals surface area contributed by atoms with Crippen molar-refractivity contribution in [2.75, 3.05) is 17.7 Å². The third kappa shape index (κ3) is 2.76. The number of hydrogen-bond acceptors (Lipinski definition) is 3. The zero-order chi connectivity index (χ0) is 14.0. The van der Waals surface area contributed by atoms with Gasteiger partial charge in [-0.1, -0.05) is 41.1 Å². The molecule has 0 aliphatic heterocycles. The number of aryl methyl sites for hydroxylation is 2. The Labute approximate surface area is 122 Å². The standard InChI is InChI=1S/C14H19BrN4/c1-4-12-13(16)14(19(3)17-12)18(2)9-10-7-5-6-8-11(10)15/h5-8H,4,9,16H2,1-3H3. The molecule has 4 nitrogen and oxygen atoms in total. The fraction of sp³-hybridized carbons (Fsp3) is 0.357. The van der Waals surface area contributed by atoms with Gasteiger partial charge in [0.1, 0.15) is 5.82 Å². The summed E-state index contributed by atoms with van der Waals surface area (Å²) in [4.78, 5) is 2.13. The van der Waals surface area contributed by atoms with E-state index in [0.717, 1.165) is 34.6 Å². The monoisotopic (exact) mass is 322 g/mol. The summed E-state index contributed by atoms with van der Waals surface area (Å²) >= 11 is 3.57. The second-order valence-electron chi connectivity index (χ2n) is 4.61. The number of nitrogens with two attached hydrogens (primary N) is 1. The molecular weight excluding hydrogens is 304 g/mol. The Hall–Kier alpha value is -1.49. The van der Waals surface area contributed by atoms with Crippen LogP contribution in [0.3, 0.4) is 0 Å². The molecule has 0 aliphatic carbocycles. The number of aromatic nitrogens is 2. The lowest BCUT2D eigenvalue weighted by Crippen LogP contribution is -2.20. The number of rotatable bonds is 4. The fourth-order valence-electron chi connectivity index (χ4n) is 2.26. The number of hydrogen-bond donors (Lipinski definition) is 1. The number of nitrogen functional groups attached to an aromatic ring is 1. The normalized spacial score (nSPS) is 10.7. The third-order valence-electron chi connectivity index (χ3n) is 3.19. The first-order valence-corrected chi connectivity index (χ1v) is 7.09. The van der Waals surface area contributed by atoms with Gasteiger partial charge in [0.15, 0.2) is 0 Å².